The number of nitrogens with one attached hydrogen (secondary N) is 1. The van der Waals surface area contributed by atoms with Crippen LogP contribution in [0.25, 0.3) is 11.1 Å². The third-order valence-corrected chi connectivity index (χ3v) is 3.72. The number of aromatic nitrogens is 3. The van der Waals surface area contributed by atoms with E-state index in [1.165, 1.54) is 11.9 Å². The Morgan fingerprint density at radius 3 is 2.82 bits per heavy atom. The summed E-state index contributed by atoms with van der Waals surface area (Å²) in [5.41, 5.74) is 1.79. The molecule has 1 atom stereocenters. The number of nitrogens with zero attached hydrogens (tertiary/aromatic N) is 3. The molecule has 0 aliphatic carbocycles. The topological polar surface area (TPSA) is 73.1 Å². The summed E-state index contributed by atoms with van der Waals surface area (Å²) in [5, 5.41) is 7.87. The van der Waals surface area contributed by atoms with E-state index in [9.17, 15) is 0 Å². The molecule has 0 bridgehead atoms. The molecule has 0 amide bonds. The van der Waals surface area contributed by atoms with Crippen LogP contribution in [-0.2, 0) is 0 Å². The van der Waals surface area contributed by atoms with Crippen molar-refractivity contribution in [1.82, 2.24) is 15.1 Å². The summed E-state index contributed by atoms with van der Waals surface area (Å²) in [6.07, 6.45) is 4.09. The first-order chi connectivity index (χ1) is 10.8. The highest BCUT2D eigenvalue weighted by molar-refractivity contribution is 5.84. The van der Waals surface area contributed by atoms with Gasteiger partial charge in [-0.2, -0.15) is 4.98 Å². The Kier molecular flexibility index (Phi) is 4.18. The summed E-state index contributed by atoms with van der Waals surface area (Å²) >= 11 is 0. The molecule has 1 unspecified atom stereocenters. The summed E-state index contributed by atoms with van der Waals surface area (Å²) in [7, 11) is 1.68. The fourth-order valence-corrected chi connectivity index (χ4v) is 2.34. The average molecular weight is 298 g/mol. The van der Waals surface area contributed by atoms with Crippen LogP contribution in [-0.4, -0.2) is 28.8 Å². The molecule has 6 heteroatoms. The first-order valence-electron chi connectivity index (χ1n) is 7.21. The van der Waals surface area contributed by atoms with E-state index in [-0.39, 0.29) is 0 Å². The second kappa shape index (κ2) is 6.43. The molecule has 22 heavy (non-hydrogen) atoms. The largest absolute Gasteiger partial charge is 0.497 e. The highest BCUT2D eigenvalue weighted by atomic mass is 16.5. The van der Waals surface area contributed by atoms with E-state index in [1.54, 1.807) is 13.3 Å². The summed E-state index contributed by atoms with van der Waals surface area (Å²) < 4.78 is 10.2. The van der Waals surface area contributed by atoms with Gasteiger partial charge in [-0.3, -0.25) is 0 Å². The van der Waals surface area contributed by atoms with Crippen molar-refractivity contribution in [1.29, 1.82) is 0 Å². The van der Waals surface area contributed by atoms with Gasteiger partial charge in [0.25, 0.3) is 5.71 Å². The van der Waals surface area contributed by atoms with Gasteiger partial charge in [0.05, 0.1) is 13.3 Å². The lowest BCUT2D eigenvalue weighted by Crippen LogP contribution is -2.07. The predicted octanol–water partition coefficient (Wildman–Crippen LogP) is 3.23. The molecule has 2 aromatic heterocycles. The van der Waals surface area contributed by atoms with E-state index in [0.717, 1.165) is 29.9 Å². The van der Waals surface area contributed by atoms with Gasteiger partial charge in [-0.15, -0.1) is 0 Å². The van der Waals surface area contributed by atoms with Crippen molar-refractivity contribution in [2.75, 3.05) is 19.0 Å². The molecule has 0 saturated carbocycles. The lowest BCUT2D eigenvalue weighted by Gasteiger charge is -2.13. The third-order valence-electron chi connectivity index (χ3n) is 3.72. The molecule has 0 fully saturated rings. The van der Waals surface area contributed by atoms with E-state index in [0.29, 0.717) is 11.6 Å². The van der Waals surface area contributed by atoms with Crippen LogP contribution in [0.2, 0.25) is 0 Å². The Bertz CT molecular complexity index is 739. The van der Waals surface area contributed by atoms with Crippen molar-refractivity contribution in [2.24, 2.45) is 0 Å². The minimum absolute atomic E-state index is 0.443. The maximum Gasteiger partial charge on any atom is 0.262 e. The maximum atomic E-state index is 5.18. The normalized spacial score (nSPS) is 12.3. The second-order valence-electron chi connectivity index (χ2n) is 5.16. The van der Waals surface area contributed by atoms with Crippen LogP contribution < -0.4 is 10.1 Å². The van der Waals surface area contributed by atoms with Crippen molar-refractivity contribution in [3.8, 4) is 5.75 Å². The van der Waals surface area contributed by atoms with Gasteiger partial charge in [-0.05, 0) is 30.0 Å². The minimum atomic E-state index is 0.443. The van der Waals surface area contributed by atoms with Crippen molar-refractivity contribution in [3.63, 3.8) is 0 Å². The summed E-state index contributed by atoms with van der Waals surface area (Å²) in [6, 6.07) is 8.19. The van der Waals surface area contributed by atoms with Gasteiger partial charge in [-0.1, -0.05) is 24.2 Å². The summed E-state index contributed by atoms with van der Waals surface area (Å²) in [4.78, 5) is 8.25. The lowest BCUT2D eigenvalue weighted by molar-refractivity contribution is 0.414. The molecule has 0 spiro atoms. The van der Waals surface area contributed by atoms with E-state index < -0.39 is 0 Å². The number of methoxy groups -OCH3 is 1. The first kappa shape index (κ1) is 14.3. The van der Waals surface area contributed by atoms with Crippen molar-refractivity contribution in [3.05, 3.63) is 42.4 Å². The molecule has 0 aliphatic rings. The number of ether oxygens (including phenoxy) is 1. The minimum Gasteiger partial charge on any atom is -0.497 e. The fraction of sp³-hybridized carbons (Fsp3) is 0.312. The number of rotatable bonds is 6. The lowest BCUT2D eigenvalue weighted by atomic mass is 9.98. The van der Waals surface area contributed by atoms with Crippen LogP contribution in [0, 0.1) is 0 Å². The van der Waals surface area contributed by atoms with Crippen molar-refractivity contribution >= 4 is 16.9 Å². The zero-order valence-corrected chi connectivity index (χ0v) is 12.6. The van der Waals surface area contributed by atoms with Crippen LogP contribution in [0.3, 0.4) is 0 Å². The molecule has 2 heterocycles. The van der Waals surface area contributed by atoms with E-state index in [2.05, 4.69) is 39.5 Å². The summed E-state index contributed by atoms with van der Waals surface area (Å²) in [6.45, 7) is 3.02. The van der Waals surface area contributed by atoms with Gasteiger partial charge in [0, 0.05) is 6.54 Å². The van der Waals surface area contributed by atoms with Crippen LogP contribution >= 0.6 is 0 Å². The fourth-order valence-electron chi connectivity index (χ4n) is 2.34. The van der Waals surface area contributed by atoms with Gasteiger partial charge in [-0.25, -0.2) is 4.98 Å². The molecule has 0 saturated heterocycles. The Morgan fingerprint density at radius 2 is 2.05 bits per heavy atom. The van der Waals surface area contributed by atoms with Crippen LogP contribution in [0.5, 0.6) is 5.75 Å². The molecule has 0 aliphatic heterocycles. The first-order valence-corrected chi connectivity index (χ1v) is 7.21. The number of hydrogen-bond acceptors (Lipinski definition) is 6. The number of anilines is 1. The second-order valence-corrected chi connectivity index (χ2v) is 5.16. The molecule has 6 nitrogen and oxygen atoms in total. The van der Waals surface area contributed by atoms with Crippen molar-refractivity contribution in [2.45, 2.75) is 19.3 Å². The molecule has 1 aromatic carbocycles. The SMILES string of the molecule is COc1ccc(C(C)CCNc2ncnc3oncc23)cc1. The Hall–Kier alpha value is -2.63. The average Bonchev–Trinajstić information content (AvgIpc) is 3.04. The Morgan fingerprint density at radius 1 is 1.23 bits per heavy atom. The Labute approximate surface area is 128 Å². The zero-order chi connectivity index (χ0) is 15.4. The van der Waals surface area contributed by atoms with Gasteiger partial charge in [0.2, 0.25) is 0 Å². The van der Waals surface area contributed by atoms with Crippen LogP contribution in [0.15, 0.2) is 41.3 Å². The summed E-state index contributed by atoms with van der Waals surface area (Å²) in [5.74, 6) is 2.08. The molecule has 1 N–H and O–H groups in total. The smallest absolute Gasteiger partial charge is 0.262 e. The standard InChI is InChI=1S/C16H18N4O2/c1-11(12-3-5-13(21-2)6-4-12)7-8-17-15-14-9-20-22-16(14)19-10-18-15/h3-6,9-11H,7-8H2,1-2H3,(H,17,18,19). The molecule has 3 aromatic rings. The third kappa shape index (κ3) is 3.00. The quantitative estimate of drug-likeness (QED) is 0.753. The zero-order valence-electron chi connectivity index (χ0n) is 12.6. The van der Waals surface area contributed by atoms with Crippen LogP contribution in [0.4, 0.5) is 5.82 Å². The Balaban J connectivity index is 1.59. The van der Waals surface area contributed by atoms with Gasteiger partial charge < -0.3 is 14.6 Å². The molecule has 114 valence electrons. The van der Waals surface area contributed by atoms with Gasteiger partial charge >= 0.3 is 0 Å². The molecule has 3 rings (SSSR count). The number of benzene rings is 1. The maximum absolute atomic E-state index is 5.18. The van der Waals surface area contributed by atoms with Gasteiger partial charge in [0.1, 0.15) is 23.3 Å². The van der Waals surface area contributed by atoms with E-state index in [1.807, 2.05) is 12.1 Å². The van der Waals surface area contributed by atoms with Gasteiger partial charge in [0.15, 0.2) is 0 Å². The molecular weight excluding hydrogens is 280 g/mol. The molecule has 0 radical (unpaired) electrons. The van der Waals surface area contributed by atoms with Crippen LogP contribution in [0.1, 0.15) is 24.8 Å². The predicted molar refractivity (Wildman–Crippen MR) is 84.1 cm³/mol. The monoisotopic (exact) mass is 298 g/mol. The highest BCUT2D eigenvalue weighted by Crippen LogP contribution is 2.23. The highest BCUT2D eigenvalue weighted by Gasteiger charge is 2.09. The van der Waals surface area contributed by atoms with Crippen molar-refractivity contribution < 1.29 is 9.26 Å². The number of hydrogen-bond donors (Lipinski definition) is 1. The molecular formula is C16H18N4O2. The number of fused-ring (bicyclic) bond motifs is 1. The van der Waals surface area contributed by atoms with E-state index in [4.69, 9.17) is 9.26 Å². The van der Waals surface area contributed by atoms with E-state index >= 15 is 0 Å².